The number of rotatable bonds is 4. The van der Waals surface area contributed by atoms with Crippen LogP contribution in [0, 0.1) is 13.8 Å². The van der Waals surface area contributed by atoms with Gasteiger partial charge in [-0.15, -0.1) is 0 Å². The fourth-order valence-electron chi connectivity index (χ4n) is 3.85. The Morgan fingerprint density at radius 1 is 1.14 bits per heavy atom. The van der Waals surface area contributed by atoms with Crippen molar-refractivity contribution < 1.29 is 14.3 Å². The highest BCUT2D eigenvalue weighted by molar-refractivity contribution is 6.02. The molecule has 0 saturated carbocycles. The second-order valence-corrected chi connectivity index (χ2v) is 7.44. The molecule has 28 heavy (non-hydrogen) atoms. The first kappa shape index (κ1) is 18.3. The Morgan fingerprint density at radius 2 is 1.86 bits per heavy atom. The van der Waals surface area contributed by atoms with Crippen molar-refractivity contribution in [2.75, 3.05) is 11.9 Å². The monoisotopic (exact) mass is 376 g/mol. The second-order valence-electron chi connectivity index (χ2n) is 7.44. The topological polar surface area (TPSA) is 58.6 Å². The first-order valence-electron chi connectivity index (χ1n) is 9.59. The van der Waals surface area contributed by atoms with Crippen molar-refractivity contribution in [2.45, 2.75) is 39.3 Å². The van der Waals surface area contributed by atoms with Gasteiger partial charge in [-0.1, -0.05) is 36.4 Å². The number of carbonyl (C=O) groups excluding carboxylic acids is 2. The van der Waals surface area contributed by atoms with Gasteiger partial charge in [0, 0.05) is 29.8 Å². The molecule has 0 aliphatic carbocycles. The van der Waals surface area contributed by atoms with Crippen LogP contribution in [0.3, 0.4) is 0 Å². The lowest BCUT2D eigenvalue weighted by molar-refractivity contribution is -0.146. The molecule has 0 bridgehead atoms. The van der Waals surface area contributed by atoms with E-state index in [1.165, 1.54) is 0 Å². The van der Waals surface area contributed by atoms with Gasteiger partial charge in [0.25, 0.3) is 5.91 Å². The van der Waals surface area contributed by atoms with Crippen molar-refractivity contribution in [1.82, 2.24) is 4.90 Å². The molecule has 2 aromatic carbocycles. The Morgan fingerprint density at radius 3 is 2.50 bits per heavy atom. The normalized spacial score (nSPS) is 19.1. The molecule has 2 aliphatic heterocycles. The van der Waals surface area contributed by atoms with Crippen LogP contribution in [0.25, 0.3) is 6.08 Å². The number of hydrogen-bond acceptors (Lipinski definition) is 3. The molecule has 2 atom stereocenters. The van der Waals surface area contributed by atoms with Crippen LogP contribution >= 0.6 is 0 Å². The predicted molar refractivity (Wildman–Crippen MR) is 109 cm³/mol. The number of nitrogens with one attached hydrogen (secondary N) is 1. The molecule has 4 rings (SSSR count). The van der Waals surface area contributed by atoms with Gasteiger partial charge >= 0.3 is 0 Å². The van der Waals surface area contributed by atoms with E-state index in [4.69, 9.17) is 4.74 Å². The van der Waals surface area contributed by atoms with Gasteiger partial charge in [0.15, 0.2) is 0 Å². The molecule has 0 aromatic heterocycles. The van der Waals surface area contributed by atoms with E-state index >= 15 is 0 Å². The van der Waals surface area contributed by atoms with Crippen LogP contribution in [0.5, 0.6) is 5.75 Å². The number of ether oxygens (including phenoxy) is 1. The summed E-state index contributed by atoms with van der Waals surface area (Å²) >= 11 is 0. The average molecular weight is 376 g/mol. The fourth-order valence-corrected chi connectivity index (χ4v) is 3.85. The lowest BCUT2D eigenvalue weighted by Crippen LogP contribution is -2.57. The van der Waals surface area contributed by atoms with Crippen molar-refractivity contribution in [3.63, 3.8) is 0 Å². The Hall–Kier alpha value is -3.08. The Kier molecular flexibility index (Phi) is 4.67. The molecule has 2 amide bonds. The van der Waals surface area contributed by atoms with Crippen molar-refractivity contribution >= 4 is 23.6 Å². The fraction of sp³-hybridized carbons (Fsp3) is 0.304. The van der Waals surface area contributed by atoms with E-state index in [1.807, 2.05) is 69.3 Å². The maximum Gasteiger partial charge on any atom is 0.251 e. The number of hydrogen-bond donors (Lipinski definition) is 1. The number of amides is 2. The summed E-state index contributed by atoms with van der Waals surface area (Å²) in [4.78, 5) is 27.2. The van der Waals surface area contributed by atoms with Crippen LogP contribution in [0.1, 0.15) is 30.0 Å². The lowest BCUT2D eigenvalue weighted by atomic mass is 9.92. The van der Waals surface area contributed by atoms with Gasteiger partial charge in [-0.3, -0.25) is 9.59 Å². The van der Waals surface area contributed by atoms with E-state index in [2.05, 4.69) is 5.32 Å². The van der Waals surface area contributed by atoms with E-state index in [1.54, 1.807) is 4.90 Å². The zero-order valence-corrected chi connectivity index (χ0v) is 16.4. The van der Waals surface area contributed by atoms with Gasteiger partial charge in [0.1, 0.15) is 17.9 Å². The van der Waals surface area contributed by atoms with Crippen molar-refractivity contribution in [2.24, 2.45) is 0 Å². The SMILES string of the molecule is Cc1cccc(C)c1NC(=O)[C@H](C1=Cc2ccccc2O[C@H]1C)N1CCC1=O. The molecule has 0 radical (unpaired) electrons. The van der Waals surface area contributed by atoms with Crippen LogP contribution in [-0.2, 0) is 9.59 Å². The van der Waals surface area contributed by atoms with E-state index in [-0.39, 0.29) is 17.9 Å². The Bertz CT molecular complexity index is 959. The molecule has 5 nitrogen and oxygen atoms in total. The second kappa shape index (κ2) is 7.15. The minimum atomic E-state index is -0.677. The largest absolute Gasteiger partial charge is 0.486 e. The minimum absolute atomic E-state index is 0.00591. The van der Waals surface area contributed by atoms with Crippen LogP contribution in [0.2, 0.25) is 0 Å². The van der Waals surface area contributed by atoms with Gasteiger partial charge in [-0.25, -0.2) is 0 Å². The maximum absolute atomic E-state index is 13.4. The smallest absolute Gasteiger partial charge is 0.251 e. The average Bonchev–Trinajstić information content (AvgIpc) is 2.67. The number of aryl methyl sites for hydroxylation is 2. The van der Waals surface area contributed by atoms with E-state index in [0.29, 0.717) is 13.0 Å². The van der Waals surface area contributed by atoms with E-state index in [9.17, 15) is 9.59 Å². The highest BCUT2D eigenvalue weighted by Gasteiger charge is 2.41. The summed E-state index contributed by atoms with van der Waals surface area (Å²) in [6, 6.07) is 13.0. The standard InChI is InChI=1S/C23H24N2O3/c1-14-7-6-8-15(2)21(14)24-23(27)22(25-12-11-20(25)26)18-13-17-9-4-5-10-19(17)28-16(18)3/h4-10,13,16,22H,11-12H2,1-3H3,(H,24,27)/t16-,22-/m0/s1. The van der Waals surface area contributed by atoms with Crippen LogP contribution < -0.4 is 10.1 Å². The molecule has 5 heteroatoms. The van der Waals surface area contributed by atoms with Gasteiger partial charge in [-0.2, -0.15) is 0 Å². The van der Waals surface area contributed by atoms with Crippen LogP contribution in [-0.4, -0.2) is 35.4 Å². The van der Waals surface area contributed by atoms with E-state index < -0.39 is 6.04 Å². The summed E-state index contributed by atoms with van der Waals surface area (Å²) in [6.07, 6.45) is 2.17. The minimum Gasteiger partial charge on any atom is -0.486 e. The Balaban J connectivity index is 1.71. The number of likely N-dealkylation sites (tertiary alicyclic amines) is 1. The summed E-state index contributed by atoms with van der Waals surface area (Å²) in [5, 5.41) is 3.06. The highest BCUT2D eigenvalue weighted by atomic mass is 16.5. The molecular weight excluding hydrogens is 352 g/mol. The van der Waals surface area contributed by atoms with Crippen molar-refractivity contribution in [3.05, 3.63) is 64.7 Å². The summed E-state index contributed by atoms with van der Waals surface area (Å²) in [5.74, 6) is 0.586. The molecule has 144 valence electrons. The molecule has 0 unspecified atom stereocenters. The van der Waals surface area contributed by atoms with Crippen molar-refractivity contribution in [3.8, 4) is 5.75 Å². The summed E-state index contributed by atoms with van der Waals surface area (Å²) < 4.78 is 6.04. The number of benzene rings is 2. The summed E-state index contributed by atoms with van der Waals surface area (Å²) in [5.41, 5.74) is 4.52. The summed E-state index contributed by atoms with van der Waals surface area (Å²) in [7, 11) is 0. The molecule has 2 aliphatic rings. The molecule has 0 spiro atoms. The first-order valence-corrected chi connectivity index (χ1v) is 9.59. The number of para-hydroxylation sites is 2. The third kappa shape index (κ3) is 3.17. The van der Waals surface area contributed by atoms with Gasteiger partial charge in [-0.05, 0) is 44.0 Å². The molecule has 1 fully saturated rings. The quantitative estimate of drug-likeness (QED) is 0.828. The maximum atomic E-state index is 13.4. The molecule has 2 heterocycles. The van der Waals surface area contributed by atoms with Gasteiger partial charge in [0.05, 0.1) is 0 Å². The van der Waals surface area contributed by atoms with Crippen LogP contribution in [0.15, 0.2) is 48.0 Å². The molecular formula is C23H24N2O3. The molecule has 1 saturated heterocycles. The zero-order chi connectivity index (χ0) is 19.8. The number of nitrogens with zero attached hydrogens (tertiary/aromatic N) is 1. The lowest BCUT2D eigenvalue weighted by Gasteiger charge is -2.41. The van der Waals surface area contributed by atoms with Gasteiger partial charge < -0.3 is 15.0 Å². The highest BCUT2D eigenvalue weighted by Crippen LogP contribution is 2.34. The van der Waals surface area contributed by atoms with Crippen LogP contribution in [0.4, 0.5) is 5.69 Å². The van der Waals surface area contributed by atoms with Crippen molar-refractivity contribution in [1.29, 1.82) is 0 Å². The third-order valence-electron chi connectivity index (χ3n) is 5.51. The number of anilines is 1. The van der Waals surface area contributed by atoms with E-state index in [0.717, 1.165) is 33.7 Å². The third-order valence-corrected chi connectivity index (χ3v) is 5.51. The zero-order valence-electron chi connectivity index (χ0n) is 16.4. The number of fused-ring (bicyclic) bond motifs is 1. The predicted octanol–water partition coefficient (Wildman–Crippen LogP) is 3.71. The first-order chi connectivity index (χ1) is 13.5. The molecule has 2 aromatic rings. The van der Waals surface area contributed by atoms with Gasteiger partial charge in [0.2, 0.25) is 5.91 Å². The Labute approximate surface area is 165 Å². The number of carbonyl (C=O) groups is 2. The molecule has 1 N–H and O–H groups in total. The summed E-state index contributed by atoms with van der Waals surface area (Å²) in [6.45, 7) is 6.43. The number of β-lactam (4-membered cyclic amide) rings is 1.